The van der Waals surface area contributed by atoms with E-state index in [4.69, 9.17) is 0 Å². The Kier molecular flexibility index (Phi) is 4.02. The molecule has 0 radical (unpaired) electrons. The van der Waals surface area contributed by atoms with E-state index in [0.29, 0.717) is 24.7 Å². The standard InChI is InChI=1S/C17H19N7O/c1-11-10-14(23-22-11)20-15-12-4-2-3-5-13(12)19-16(21-15)17(25)24-8-6-18-7-9-24/h2-5,10,18H,6-9H2,1H3,(H2,19,20,21,22,23). The van der Waals surface area contributed by atoms with Crippen LogP contribution in [0.15, 0.2) is 30.3 Å². The van der Waals surface area contributed by atoms with Crippen molar-refractivity contribution in [1.82, 2.24) is 30.4 Å². The van der Waals surface area contributed by atoms with Crippen LogP contribution in [0.5, 0.6) is 0 Å². The van der Waals surface area contributed by atoms with Crippen molar-refractivity contribution < 1.29 is 4.79 Å². The molecule has 1 aliphatic heterocycles. The molecular weight excluding hydrogens is 318 g/mol. The van der Waals surface area contributed by atoms with Crippen LogP contribution in [0.1, 0.15) is 16.3 Å². The molecule has 1 saturated heterocycles. The third-order valence-corrected chi connectivity index (χ3v) is 4.15. The van der Waals surface area contributed by atoms with Gasteiger partial charge in [-0.1, -0.05) is 12.1 Å². The van der Waals surface area contributed by atoms with Gasteiger partial charge in [0, 0.05) is 43.3 Å². The van der Waals surface area contributed by atoms with Crippen molar-refractivity contribution in [2.45, 2.75) is 6.92 Å². The van der Waals surface area contributed by atoms with Gasteiger partial charge in [0.2, 0.25) is 5.82 Å². The fourth-order valence-corrected chi connectivity index (χ4v) is 2.88. The van der Waals surface area contributed by atoms with Crippen LogP contribution in [0.2, 0.25) is 0 Å². The van der Waals surface area contributed by atoms with Gasteiger partial charge in [0.25, 0.3) is 5.91 Å². The van der Waals surface area contributed by atoms with Crippen molar-refractivity contribution in [1.29, 1.82) is 0 Å². The number of nitrogens with one attached hydrogen (secondary N) is 3. The van der Waals surface area contributed by atoms with E-state index in [1.54, 1.807) is 4.90 Å². The smallest absolute Gasteiger partial charge is 0.291 e. The quantitative estimate of drug-likeness (QED) is 0.669. The Balaban J connectivity index is 1.73. The van der Waals surface area contributed by atoms with Gasteiger partial charge in [0.15, 0.2) is 5.82 Å². The van der Waals surface area contributed by atoms with E-state index in [1.807, 2.05) is 37.3 Å². The number of benzene rings is 1. The minimum absolute atomic E-state index is 0.145. The lowest BCUT2D eigenvalue weighted by atomic mass is 10.2. The minimum atomic E-state index is -0.145. The summed E-state index contributed by atoms with van der Waals surface area (Å²) in [4.78, 5) is 23.5. The zero-order chi connectivity index (χ0) is 17.2. The molecule has 4 rings (SSSR count). The molecule has 0 spiro atoms. The van der Waals surface area contributed by atoms with E-state index in [-0.39, 0.29) is 11.7 Å². The molecule has 0 unspecified atom stereocenters. The number of aryl methyl sites for hydroxylation is 1. The van der Waals surface area contributed by atoms with E-state index < -0.39 is 0 Å². The number of aromatic nitrogens is 4. The number of carbonyl (C=O) groups excluding carboxylic acids is 1. The zero-order valence-electron chi connectivity index (χ0n) is 13.9. The van der Waals surface area contributed by atoms with Gasteiger partial charge < -0.3 is 15.5 Å². The number of fused-ring (bicyclic) bond motifs is 1. The van der Waals surface area contributed by atoms with Crippen LogP contribution in [-0.2, 0) is 0 Å². The average molecular weight is 337 g/mol. The molecule has 0 saturated carbocycles. The van der Waals surface area contributed by atoms with Gasteiger partial charge in [0.05, 0.1) is 5.52 Å². The first-order valence-electron chi connectivity index (χ1n) is 8.26. The van der Waals surface area contributed by atoms with Crippen molar-refractivity contribution in [2.24, 2.45) is 0 Å². The summed E-state index contributed by atoms with van der Waals surface area (Å²) in [6, 6.07) is 9.51. The zero-order valence-corrected chi connectivity index (χ0v) is 13.9. The number of nitrogens with zero attached hydrogens (tertiary/aromatic N) is 4. The van der Waals surface area contributed by atoms with E-state index in [0.717, 1.165) is 29.7 Å². The Morgan fingerprint density at radius 2 is 2.00 bits per heavy atom. The molecule has 8 heteroatoms. The number of hydrogen-bond donors (Lipinski definition) is 3. The summed E-state index contributed by atoms with van der Waals surface area (Å²) in [6.07, 6.45) is 0. The Morgan fingerprint density at radius 1 is 1.20 bits per heavy atom. The van der Waals surface area contributed by atoms with Gasteiger partial charge in [0.1, 0.15) is 5.82 Å². The van der Waals surface area contributed by atoms with Crippen LogP contribution in [0.4, 0.5) is 11.6 Å². The number of amides is 1. The monoisotopic (exact) mass is 337 g/mol. The number of carbonyl (C=O) groups is 1. The van der Waals surface area contributed by atoms with Crippen LogP contribution in [0.25, 0.3) is 10.9 Å². The second-order valence-electron chi connectivity index (χ2n) is 6.02. The molecule has 3 aromatic rings. The van der Waals surface area contributed by atoms with Gasteiger partial charge in [-0.3, -0.25) is 9.89 Å². The number of para-hydroxylation sites is 1. The fraction of sp³-hybridized carbons (Fsp3) is 0.294. The summed E-state index contributed by atoms with van der Waals surface area (Å²) in [5, 5.41) is 14.3. The van der Waals surface area contributed by atoms with Crippen LogP contribution < -0.4 is 10.6 Å². The van der Waals surface area contributed by atoms with Crippen LogP contribution in [0, 0.1) is 6.92 Å². The molecule has 3 N–H and O–H groups in total. The SMILES string of the molecule is Cc1cc(Nc2nc(C(=O)N3CCNCC3)nc3ccccc23)n[nH]1. The molecule has 0 aliphatic carbocycles. The van der Waals surface area contributed by atoms with Crippen LogP contribution in [0.3, 0.4) is 0 Å². The van der Waals surface area contributed by atoms with Crippen molar-refractivity contribution >= 4 is 28.4 Å². The molecule has 3 heterocycles. The summed E-state index contributed by atoms with van der Waals surface area (Å²) < 4.78 is 0. The summed E-state index contributed by atoms with van der Waals surface area (Å²) >= 11 is 0. The van der Waals surface area contributed by atoms with Gasteiger partial charge in [-0.2, -0.15) is 5.10 Å². The van der Waals surface area contributed by atoms with Gasteiger partial charge in [-0.05, 0) is 19.1 Å². The first-order chi connectivity index (χ1) is 12.2. The van der Waals surface area contributed by atoms with Crippen molar-refractivity contribution in [3.05, 3.63) is 41.9 Å². The lowest BCUT2D eigenvalue weighted by Crippen LogP contribution is -2.46. The lowest BCUT2D eigenvalue weighted by molar-refractivity contribution is 0.0724. The molecule has 1 aromatic carbocycles. The fourth-order valence-electron chi connectivity index (χ4n) is 2.88. The highest BCUT2D eigenvalue weighted by molar-refractivity contribution is 5.97. The normalized spacial score (nSPS) is 14.7. The molecule has 0 bridgehead atoms. The maximum absolute atomic E-state index is 12.8. The number of aromatic amines is 1. The lowest BCUT2D eigenvalue weighted by Gasteiger charge is -2.26. The largest absolute Gasteiger partial charge is 0.333 e. The van der Waals surface area contributed by atoms with Crippen LogP contribution >= 0.6 is 0 Å². The van der Waals surface area contributed by atoms with E-state index in [2.05, 4.69) is 30.8 Å². The Hall–Kier alpha value is -3.00. The van der Waals surface area contributed by atoms with Crippen molar-refractivity contribution in [3.8, 4) is 0 Å². The predicted octanol–water partition coefficient (Wildman–Crippen LogP) is 1.45. The molecule has 0 atom stereocenters. The molecule has 1 aliphatic rings. The van der Waals surface area contributed by atoms with Gasteiger partial charge >= 0.3 is 0 Å². The second kappa shape index (κ2) is 6.48. The summed E-state index contributed by atoms with van der Waals surface area (Å²) in [6.45, 7) is 4.83. The number of rotatable bonds is 3. The number of hydrogen-bond acceptors (Lipinski definition) is 6. The van der Waals surface area contributed by atoms with Crippen molar-refractivity contribution in [3.63, 3.8) is 0 Å². The Bertz CT molecular complexity index is 914. The topological polar surface area (TPSA) is 98.8 Å². The van der Waals surface area contributed by atoms with E-state index >= 15 is 0 Å². The number of anilines is 2. The summed E-state index contributed by atoms with van der Waals surface area (Å²) in [5.74, 6) is 1.29. The van der Waals surface area contributed by atoms with E-state index in [1.165, 1.54) is 0 Å². The maximum Gasteiger partial charge on any atom is 0.291 e. The highest BCUT2D eigenvalue weighted by Gasteiger charge is 2.22. The molecule has 128 valence electrons. The average Bonchev–Trinajstić information content (AvgIpc) is 3.06. The number of H-pyrrole nitrogens is 1. The first-order valence-corrected chi connectivity index (χ1v) is 8.26. The molecule has 8 nitrogen and oxygen atoms in total. The molecular formula is C17H19N7O. The minimum Gasteiger partial charge on any atom is -0.333 e. The van der Waals surface area contributed by atoms with Gasteiger partial charge in [-0.25, -0.2) is 9.97 Å². The van der Waals surface area contributed by atoms with Crippen LogP contribution in [-0.4, -0.2) is 57.2 Å². The predicted molar refractivity (Wildman–Crippen MR) is 94.9 cm³/mol. The second-order valence-corrected chi connectivity index (χ2v) is 6.02. The maximum atomic E-state index is 12.8. The Labute approximate surface area is 144 Å². The summed E-state index contributed by atoms with van der Waals surface area (Å²) in [5.41, 5.74) is 1.67. The molecule has 2 aromatic heterocycles. The highest BCUT2D eigenvalue weighted by Crippen LogP contribution is 2.23. The molecule has 1 fully saturated rings. The number of piperazine rings is 1. The highest BCUT2D eigenvalue weighted by atomic mass is 16.2. The third kappa shape index (κ3) is 3.16. The molecule has 1 amide bonds. The van der Waals surface area contributed by atoms with Gasteiger partial charge in [-0.15, -0.1) is 0 Å². The summed E-state index contributed by atoms with van der Waals surface area (Å²) in [7, 11) is 0. The first kappa shape index (κ1) is 15.5. The Morgan fingerprint density at radius 3 is 2.76 bits per heavy atom. The van der Waals surface area contributed by atoms with Crippen molar-refractivity contribution in [2.75, 3.05) is 31.5 Å². The molecule has 25 heavy (non-hydrogen) atoms. The van der Waals surface area contributed by atoms with E-state index in [9.17, 15) is 4.79 Å². The third-order valence-electron chi connectivity index (χ3n) is 4.15.